The summed E-state index contributed by atoms with van der Waals surface area (Å²) in [4.78, 5) is 4.99. The maximum Gasteiger partial charge on any atom is 0.268 e. The second-order valence-electron chi connectivity index (χ2n) is 19.0. The minimum Gasteiger partial charge on any atom is -0.510 e. The number of pyridine rings is 1. The molecule has 3 aliphatic heterocycles. The summed E-state index contributed by atoms with van der Waals surface area (Å²) >= 11 is 0. The number of benzene rings is 9. The Morgan fingerprint density at radius 1 is 0.611 bits per heavy atom. The standard InChI is InChI=1S/C63H39BN4O3.Pt/c1-63(2)47-33-32-43(36-52(47)67-38-66(51-29-15-26-48(63)60(51)67)59-44(39-17-5-3-6-18-39)23-14-24-45(59)40-19-7-4-8-20-40)69-42-22-13-21-41(35-42)68-53-37-56-58-61(57(53)46-25-16-34-65-62(46)68)71-55-31-12-10-28-50(55)64(58)49-27-9-11-30-54(49)70-56;/h3-34,37H,1-2H3;/q-2;. The first-order chi connectivity index (χ1) is 35.0. The van der Waals surface area contributed by atoms with Crippen molar-refractivity contribution < 1.29 is 39.8 Å². The predicted molar refractivity (Wildman–Crippen MR) is 281 cm³/mol. The molecule has 0 saturated carbocycles. The van der Waals surface area contributed by atoms with Crippen LogP contribution >= 0.6 is 0 Å². The Bertz CT molecular complexity index is 4140. The third-order valence-corrected chi connectivity index (χ3v) is 14.7. The fraction of sp³-hybridized carbons (Fsp3) is 0.0476. The van der Waals surface area contributed by atoms with Gasteiger partial charge in [0, 0.05) is 55.7 Å². The number of aromatic nitrogens is 4. The van der Waals surface area contributed by atoms with Gasteiger partial charge in [-0.15, -0.1) is 35.9 Å². The zero-order valence-corrected chi connectivity index (χ0v) is 41.2. The summed E-state index contributed by atoms with van der Waals surface area (Å²) in [5, 5.41) is 1.94. The van der Waals surface area contributed by atoms with Crippen LogP contribution in [-0.4, -0.2) is 20.8 Å². The number of fused-ring (bicyclic) bond motifs is 10. The van der Waals surface area contributed by atoms with E-state index in [1.165, 1.54) is 5.56 Å². The molecule has 9 aromatic carbocycles. The van der Waals surface area contributed by atoms with Crippen LogP contribution < -0.4 is 35.2 Å². The van der Waals surface area contributed by atoms with Crippen molar-refractivity contribution in [3.63, 3.8) is 0 Å². The molecule has 0 fully saturated rings. The largest absolute Gasteiger partial charge is 0.510 e. The molecule has 3 aromatic heterocycles. The van der Waals surface area contributed by atoms with Gasteiger partial charge in [-0.3, -0.25) is 4.57 Å². The summed E-state index contributed by atoms with van der Waals surface area (Å²) in [5.41, 5.74) is 16.3. The van der Waals surface area contributed by atoms with E-state index in [4.69, 9.17) is 19.2 Å². The Labute approximate surface area is 430 Å². The van der Waals surface area contributed by atoms with Crippen LogP contribution in [0, 0.1) is 18.5 Å². The molecule has 0 N–H and O–H groups in total. The van der Waals surface area contributed by atoms with Crippen molar-refractivity contribution in [3.05, 3.63) is 230 Å². The van der Waals surface area contributed by atoms with Crippen molar-refractivity contribution in [2.75, 3.05) is 0 Å². The van der Waals surface area contributed by atoms with Crippen molar-refractivity contribution in [2.45, 2.75) is 19.3 Å². The summed E-state index contributed by atoms with van der Waals surface area (Å²) in [6, 6.07) is 74.8. The van der Waals surface area contributed by atoms with Crippen LogP contribution in [0.5, 0.6) is 34.5 Å². The SMILES string of the molecule is CC1(C)c2ccc(Oc3[c-]c(-n4c5cc6c7c(c5c5cccnc54)Oc4ccccc4B7c4ccccc4O6)ccc3)[c-]c2-n2[c-][n+](-c3c(-c4ccccc4)cccc3-c3ccccc3)c3cccc1c32.[Pt]. The van der Waals surface area contributed by atoms with Gasteiger partial charge < -0.3 is 23.3 Å². The van der Waals surface area contributed by atoms with Gasteiger partial charge in [-0.05, 0) is 74.1 Å². The first-order valence-electron chi connectivity index (χ1n) is 24.0. The van der Waals surface area contributed by atoms with E-state index in [0.29, 0.717) is 11.5 Å². The van der Waals surface area contributed by atoms with Crippen molar-refractivity contribution in [3.8, 4) is 73.8 Å². The number of hydrogen-bond acceptors (Lipinski definition) is 4. The van der Waals surface area contributed by atoms with Gasteiger partial charge in [0.25, 0.3) is 13.0 Å². The zero-order valence-electron chi connectivity index (χ0n) is 39.0. The van der Waals surface area contributed by atoms with Crippen LogP contribution in [-0.2, 0) is 26.5 Å². The van der Waals surface area contributed by atoms with E-state index >= 15 is 0 Å². The molecule has 0 bridgehead atoms. The molecular formula is C63H39BN4O3Pt-2. The molecule has 3 aliphatic rings. The fourth-order valence-corrected chi connectivity index (χ4v) is 11.6. The second-order valence-corrected chi connectivity index (χ2v) is 19.0. The molecule has 7 nitrogen and oxygen atoms in total. The monoisotopic (exact) mass is 1110 g/mol. The van der Waals surface area contributed by atoms with Crippen LogP contribution in [0.3, 0.4) is 0 Å². The van der Waals surface area contributed by atoms with Crippen molar-refractivity contribution in [1.82, 2.24) is 14.1 Å². The number of nitrogens with zero attached hydrogens (tertiary/aromatic N) is 4. The summed E-state index contributed by atoms with van der Waals surface area (Å²) in [6.07, 6.45) is 5.70. The number of hydrogen-bond donors (Lipinski definition) is 0. The van der Waals surface area contributed by atoms with E-state index in [1.807, 2.05) is 54.7 Å². The average Bonchev–Trinajstić information content (AvgIpc) is 3.97. The van der Waals surface area contributed by atoms with E-state index in [-0.39, 0.29) is 33.2 Å². The van der Waals surface area contributed by atoms with Gasteiger partial charge in [-0.2, -0.15) is 12.1 Å². The molecule has 0 spiro atoms. The van der Waals surface area contributed by atoms with Crippen molar-refractivity contribution in [1.29, 1.82) is 0 Å². The number of rotatable bonds is 6. The molecular weight excluding hydrogens is 1070 g/mol. The Kier molecular flexibility index (Phi) is 9.45. The first kappa shape index (κ1) is 42.4. The smallest absolute Gasteiger partial charge is 0.268 e. The molecule has 0 amide bonds. The van der Waals surface area contributed by atoms with Crippen LogP contribution in [0.2, 0.25) is 0 Å². The van der Waals surface area contributed by atoms with E-state index in [2.05, 4.69) is 192 Å². The van der Waals surface area contributed by atoms with Crippen LogP contribution in [0.1, 0.15) is 25.0 Å². The third-order valence-electron chi connectivity index (χ3n) is 14.7. The van der Waals surface area contributed by atoms with Crippen LogP contribution in [0.4, 0.5) is 0 Å². The number of imidazole rings is 1. The average molecular weight is 1110 g/mol. The Hall–Kier alpha value is -8.45. The van der Waals surface area contributed by atoms with E-state index in [1.54, 1.807) is 0 Å². The van der Waals surface area contributed by atoms with Gasteiger partial charge in [0.1, 0.15) is 28.6 Å². The molecule has 9 heteroatoms. The minimum absolute atomic E-state index is 0. The quantitative estimate of drug-likeness (QED) is 0.0946. The molecule has 15 rings (SSSR count). The fourth-order valence-electron chi connectivity index (χ4n) is 11.6. The molecule has 72 heavy (non-hydrogen) atoms. The molecule has 0 unspecified atom stereocenters. The Balaban J connectivity index is 0.00000482. The van der Waals surface area contributed by atoms with Gasteiger partial charge >= 0.3 is 0 Å². The molecule has 0 saturated heterocycles. The zero-order chi connectivity index (χ0) is 47.0. The predicted octanol–water partition coefficient (Wildman–Crippen LogP) is 12.3. The normalized spacial score (nSPS) is 13.3. The minimum atomic E-state index is -0.350. The van der Waals surface area contributed by atoms with Gasteiger partial charge in [0.15, 0.2) is 0 Å². The van der Waals surface area contributed by atoms with Crippen LogP contribution in [0.25, 0.3) is 72.3 Å². The van der Waals surface area contributed by atoms with E-state index in [9.17, 15) is 0 Å². The molecule has 0 atom stereocenters. The van der Waals surface area contributed by atoms with Crippen LogP contribution in [0.15, 0.2) is 200 Å². The Morgan fingerprint density at radius 3 is 2.03 bits per heavy atom. The molecule has 12 aromatic rings. The van der Waals surface area contributed by atoms with Gasteiger partial charge in [0.05, 0.1) is 27.6 Å². The third kappa shape index (κ3) is 6.15. The molecule has 0 aliphatic carbocycles. The number of para-hydroxylation sites is 4. The van der Waals surface area contributed by atoms with Crippen molar-refractivity contribution in [2.24, 2.45) is 0 Å². The second kappa shape index (κ2) is 16.0. The molecule has 6 heterocycles. The summed E-state index contributed by atoms with van der Waals surface area (Å²) < 4.78 is 27.1. The summed E-state index contributed by atoms with van der Waals surface area (Å²) in [5.74, 6) is 4.31. The van der Waals surface area contributed by atoms with Crippen molar-refractivity contribution >= 4 is 56.1 Å². The first-order valence-corrected chi connectivity index (χ1v) is 24.0. The summed E-state index contributed by atoms with van der Waals surface area (Å²) in [7, 11) is 0. The van der Waals surface area contributed by atoms with E-state index < -0.39 is 0 Å². The summed E-state index contributed by atoms with van der Waals surface area (Å²) in [6.45, 7) is 4.53. The molecule has 344 valence electrons. The van der Waals surface area contributed by atoms with Gasteiger partial charge in [-0.1, -0.05) is 153 Å². The Morgan fingerprint density at radius 2 is 1.28 bits per heavy atom. The molecule has 0 radical (unpaired) electrons. The maximum absolute atomic E-state index is 6.93. The van der Waals surface area contributed by atoms with Gasteiger partial charge in [-0.25, -0.2) is 4.98 Å². The maximum atomic E-state index is 6.93. The van der Waals surface area contributed by atoms with Gasteiger partial charge in [0.2, 0.25) is 0 Å². The number of ether oxygens (including phenoxy) is 3. The van der Waals surface area contributed by atoms with E-state index in [0.717, 1.165) is 117 Å². The topological polar surface area (TPSA) is 54.3 Å².